The van der Waals surface area contributed by atoms with Gasteiger partial charge in [-0.3, -0.25) is 9.05 Å². The number of phosphoric ester groups is 1. The van der Waals surface area contributed by atoms with Crippen LogP contribution in [-0.4, -0.2) is 72.7 Å². The van der Waals surface area contributed by atoms with Gasteiger partial charge < -0.3 is 19.8 Å². The minimum absolute atomic E-state index is 0.0493. The molecule has 3 N–H and O–H groups in total. The van der Waals surface area contributed by atoms with Gasteiger partial charge in [0.15, 0.2) is 0 Å². The Morgan fingerprint density at radius 2 is 1.54 bits per heavy atom. The van der Waals surface area contributed by atoms with Crippen molar-refractivity contribution in [2.45, 2.75) is 140 Å². The third-order valence-corrected chi connectivity index (χ3v) is 10.8. The van der Waals surface area contributed by atoms with Crippen LogP contribution in [0.25, 0.3) is 5.52 Å². The summed E-state index contributed by atoms with van der Waals surface area (Å²) < 4.78 is 29.8. The number of nitriles is 1. The molecule has 5 atom stereocenters. The van der Waals surface area contributed by atoms with E-state index in [1.807, 2.05) is 17.8 Å². The average molecular weight is 683 g/mol. The molecule has 2 aromatic heterocycles. The molecule has 2 aromatic rings. The van der Waals surface area contributed by atoms with Crippen LogP contribution in [0.2, 0.25) is 0 Å². The molecule has 0 radical (unpaired) electrons. The second kappa shape index (κ2) is 20.7. The molecule has 0 saturated carbocycles. The number of fused-ring (bicyclic) bond motifs is 1. The van der Waals surface area contributed by atoms with Crippen molar-refractivity contribution in [3.63, 3.8) is 0 Å². The maximum absolute atomic E-state index is 12.4. The fraction of sp³-hybridized carbons (Fsp3) is 0.788. The van der Waals surface area contributed by atoms with Crippen molar-refractivity contribution in [2.24, 2.45) is 0 Å². The van der Waals surface area contributed by atoms with E-state index in [2.05, 4.69) is 17.0 Å². The van der Waals surface area contributed by atoms with E-state index in [9.17, 15) is 24.9 Å². The van der Waals surface area contributed by atoms with Gasteiger partial charge in [-0.05, 0) is 43.4 Å². The lowest BCUT2D eigenvalue weighted by Gasteiger charge is -2.24. The fourth-order valence-corrected chi connectivity index (χ4v) is 7.58. The SMILES string of the molecule is CCCCCCCCCCCCCCCCCSCCCOP(=O)(O)OC[C@H]1O[C@@](C#N)(c2ccc3c(C)ncnn23)[C@H](O)[C@@H]1O. The summed E-state index contributed by atoms with van der Waals surface area (Å²) in [6.07, 6.45) is 17.7. The first-order valence-corrected chi connectivity index (χ1v) is 19.9. The zero-order valence-corrected chi connectivity index (χ0v) is 29.4. The summed E-state index contributed by atoms with van der Waals surface area (Å²) in [5.41, 5.74) is -0.498. The van der Waals surface area contributed by atoms with Crippen LogP contribution in [0.1, 0.15) is 121 Å². The molecule has 1 unspecified atom stereocenters. The Kier molecular flexibility index (Phi) is 17.5. The number of aliphatic hydroxyl groups excluding tert-OH is 2. The summed E-state index contributed by atoms with van der Waals surface area (Å²) in [7, 11) is -4.43. The highest BCUT2D eigenvalue weighted by atomic mass is 32.2. The van der Waals surface area contributed by atoms with Gasteiger partial charge in [-0.2, -0.15) is 22.1 Å². The first-order chi connectivity index (χ1) is 22.3. The first kappa shape index (κ1) is 38.9. The molecule has 46 heavy (non-hydrogen) atoms. The van der Waals surface area contributed by atoms with Gasteiger partial charge in [0, 0.05) is 0 Å². The maximum Gasteiger partial charge on any atom is 0.472 e. The highest BCUT2D eigenvalue weighted by Crippen LogP contribution is 2.46. The van der Waals surface area contributed by atoms with Crippen LogP contribution in [-0.2, 0) is 24.0 Å². The van der Waals surface area contributed by atoms with Gasteiger partial charge in [-0.1, -0.05) is 96.8 Å². The van der Waals surface area contributed by atoms with Crippen LogP contribution >= 0.6 is 19.6 Å². The lowest BCUT2D eigenvalue weighted by Crippen LogP contribution is -2.41. The predicted molar refractivity (Wildman–Crippen MR) is 181 cm³/mol. The predicted octanol–water partition coefficient (Wildman–Crippen LogP) is 7.01. The Morgan fingerprint density at radius 3 is 2.15 bits per heavy atom. The first-order valence-electron chi connectivity index (χ1n) is 17.2. The highest BCUT2D eigenvalue weighted by molar-refractivity contribution is 7.99. The Bertz CT molecular complexity index is 1240. The molecule has 11 nitrogen and oxygen atoms in total. The third-order valence-electron chi connectivity index (χ3n) is 8.63. The van der Waals surface area contributed by atoms with E-state index in [1.54, 1.807) is 19.1 Å². The van der Waals surface area contributed by atoms with Crippen molar-refractivity contribution in [3.05, 3.63) is 29.8 Å². The fourth-order valence-electron chi connectivity index (χ4n) is 5.88. The highest BCUT2D eigenvalue weighted by Gasteiger charge is 2.57. The monoisotopic (exact) mass is 682 g/mol. The Hall–Kier alpha value is -1.55. The summed E-state index contributed by atoms with van der Waals surface area (Å²) in [6.45, 7) is 3.53. The minimum atomic E-state index is -4.43. The zero-order chi connectivity index (χ0) is 33.3. The van der Waals surface area contributed by atoms with Crippen LogP contribution in [0.3, 0.4) is 0 Å². The van der Waals surface area contributed by atoms with E-state index in [1.165, 1.54) is 107 Å². The topological polar surface area (TPSA) is 159 Å². The molecule has 3 heterocycles. The normalized spacial score (nSPS) is 22.7. The summed E-state index contributed by atoms with van der Waals surface area (Å²) in [4.78, 5) is 14.3. The van der Waals surface area contributed by atoms with Crippen molar-refractivity contribution in [2.75, 3.05) is 24.7 Å². The van der Waals surface area contributed by atoms with Crippen molar-refractivity contribution < 1.29 is 33.5 Å². The van der Waals surface area contributed by atoms with Gasteiger partial charge in [0.2, 0.25) is 5.60 Å². The standard InChI is InChI=1S/C33H55N4O7PS/c1-3-4-5-6-7-8-9-10-11-12-13-14-15-16-17-22-46-23-18-21-42-45(40,41)43-24-29-31(38)32(39)33(25-34,44-29)30-20-19-28-27(2)35-26-36-37(28)30/h19-20,26,29,31-32,38-39H,3-18,21-24H2,1-2H3,(H,40,41)/t29-,31-,32-,33+/m1/s1. The van der Waals surface area contributed by atoms with Gasteiger partial charge in [0.1, 0.15) is 30.7 Å². The van der Waals surface area contributed by atoms with Gasteiger partial charge in [-0.15, -0.1) is 0 Å². The molecule has 1 saturated heterocycles. The second-order valence-corrected chi connectivity index (χ2v) is 15.0. The smallest absolute Gasteiger partial charge is 0.387 e. The average Bonchev–Trinajstić information content (AvgIpc) is 3.59. The van der Waals surface area contributed by atoms with E-state index < -0.39 is 38.3 Å². The van der Waals surface area contributed by atoms with Crippen molar-refractivity contribution in [3.8, 4) is 6.07 Å². The van der Waals surface area contributed by atoms with Crippen molar-refractivity contribution >= 4 is 25.1 Å². The molecule has 1 aliphatic rings. The molecular weight excluding hydrogens is 627 g/mol. The summed E-state index contributed by atoms with van der Waals surface area (Å²) in [5.74, 6) is 1.88. The van der Waals surface area contributed by atoms with E-state index in [-0.39, 0.29) is 12.3 Å². The van der Waals surface area contributed by atoms with Crippen LogP contribution in [0.4, 0.5) is 0 Å². The summed E-state index contributed by atoms with van der Waals surface area (Å²) in [6, 6.07) is 5.21. The molecule has 1 fully saturated rings. The Labute approximate surface area is 279 Å². The molecule has 13 heteroatoms. The molecule has 0 spiro atoms. The van der Waals surface area contributed by atoms with E-state index in [4.69, 9.17) is 13.8 Å². The number of aliphatic hydroxyl groups is 2. The molecular formula is C33H55N4O7PS. The van der Waals surface area contributed by atoms with Gasteiger partial charge >= 0.3 is 7.82 Å². The number of hydrogen-bond donors (Lipinski definition) is 3. The molecule has 0 amide bonds. The van der Waals surface area contributed by atoms with E-state index in [0.717, 1.165) is 11.5 Å². The van der Waals surface area contributed by atoms with Gasteiger partial charge in [0.25, 0.3) is 0 Å². The molecule has 3 rings (SSSR count). The number of phosphoric acid groups is 1. The zero-order valence-electron chi connectivity index (χ0n) is 27.7. The van der Waals surface area contributed by atoms with Crippen molar-refractivity contribution in [1.29, 1.82) is 5.26 Å². The number of ether oxygens (including phenoxy) is 1. The number of rotatable bonds is 25. The number of hydrogen-bond acceptors (Lipinski definition) is 10. The van der Waals surface area contributed by atoms with E-state index >= 15 is 0 Å². The molecule has 260 valence electrons. The number of unbranched alkanes of at least 4 members (excludes halogenated alkanes) is 14. The number of nitrogens with zero attached hydrogens (tertiary/aromatic N) is 4. The van der Waals surface area contributed by atoms with E-state index in [0.29, 0.717) is 17.6 Å². The quantitative estimate of drug-likeness (QED) is 0.0731. The Morgan fingerprint density at radius 1 is 0.957 bits per heavy atom. The molecule has 0 aliphatic carbocycles. The van der Waals surface area contributed by atoms with Crippen molar-refractivity contribution in [1.82, 2.24) is 14.6 Å². The van der Waals surface area contributed by atoms with Gasteiger partial charge in [-0.25, -0.2) is 14.1 Å². The number of thioether (sulfide) groups is 1. The molecule has 0 aromatic carbocycles. The summed E-state index contributed by atoms with van der Waals surface area (Å²) >= 11 is 1.81. The summed E-state index contributed by atoms with van der Waals surface area (Å²) in [5, 5.41) is 35.6. The second-order valence-electron chi connectivity index (χ2n) is 12.3. The molecule has 0 bridgehead atoms. The van der Waals surface area contributed by atoms with Crippen LogP contribution in [0.5, 0.6) is 0 Å². The minimum Gasteiger partial charge on any atom is -0.387 e. The number of aryl methyl sites for hydroxylation is 1. The van der Waals surface area contributed by atoms with Gasteiger partial charge in [0.05, 0.1) is 30.1 Å². The lowest BCUT2D eigenvalue weighted by molar-refractivity contribution is -0.0643. The maximum atomic E-state index is 12.4. The third kappa shape index (κ3) is 11.9. The number of aromatic nitrogens is 3. The largest absolute Gasteiger partial charge is 0.472 e. The molecule has 1 aliphatic heterocycles. The van der Waals surface area contributed by atoms with Crippen LogP contribution in [0.15, 0.2) is 18.5 Å². The Balaban J connectivity index is 1.21. The van der Waals surface area contributed by atoms with Crippen LogP contribution < -0.4 is 0 Å². The lowest BCUT2D eigenvalue weighted by atomic mass is 9.92. The van der Waals surface area contributed by atoms with Crippen LogP contribution in [0, 0.1) is 18.3 Å².